The summed E-state index contributed by atoms with van der Waals surface area (Å²) in [5.41, 5.74) is 0.531. The van der Waals surface area contributed by atoms with Gasteiger partial charge in [-0.25, -0.2) is 4.79 Å². The van der Waals surface area contributed by atoms with E-state index in [1.807, 2.05) is 18.2 Å². The van der Waals surface area contributed by atoms with E-state index in [2.05, 4.69) is 17.0 Å². The number of amides is 1. The van der Waals surface area contributed by atoms with Crippen LogP contribution in [0, 0.1) is 0 Å². The molecule has 0 aliphatic carbocycles. The lowest BCUT2D eigenvalue weighted by Crippen LogP contribution is -2.58. The molecule has 2 aliphatic rings. The molecule has 0 saturated carbocycles. The topological polar surface area (TPSA) is 70.1 Å². The first-order chi connectivity index (χ1) is 14.4. The van der Waals surface area contributed by atoms with Gasteiger partial charge in [-0.05, 0) is 23.8 Å². The Kier molecular flexibility index (Phi) is 6.02. The highest BCUT2D eigenvalue weighted by Gasteiger charge is 2.54. The molecule has 0 unspecified atom stereocenters. The molecule has 4 rings (SSSR count). The Morgan fingerprint density at radius 2 is 1.70 bits per heavy atom. The SMILES string of the molecule is O=C(O)[C@@H]1COC2(CCN(Cc3ccccc3)CC2)N1C(=O)c1cc(Cl)cc(Cl)c1. The Morgan fingerprint density at radius 1 is 1.07 bits per heavy atom. The van der Waals surface area contributed by atoms with Crippen LogP contribution in [-0.4, -0.2) is 58.2 Å². The highest BCUT2D eigenvalue weighted by atomic mass is 35.5. The maximum atomic E-state index is 13.4. The number of carboxylic acids is 1. The summed E-state index contributed by atoms with van der Waals surface area (Å²) in [5, 5.41) is 10.4. The van der Waals surface area contributed by atoms with Crippen LogP contribution in [0.3, 0.4) is 0 Å². The molecule has 2 aromatic rings. The number of carbonyl (C=O) groups is 2. The number of aliphatic carboxylic acids is 1. The van der Waals surface area contributed by atoms with Crippen LogP contribution in [0.4, 0.5) is 0 Å². The highest BCUT2D eigenvalue weighted by Crippen LogP contribution is 2.39. The van der Waals surface area contributed by atoms with Gasteiger partial charge in [0.1, 0.15) is 5.72 Å². The molecule has 1 N–H and O–H groups in total. The van der Waals surface area contributed by atoms with Gasteiger partial charge in [-0.3, -0.25) is 14.6 Å². The second kappa shape index (κ2) is 8.55. The molecule has 0 aromatic heterocycles. The zero-order chi connectivity index (χ0) is 21.3. The molecular weight excluding hydrogens is 427 g/mol. The minimum Gasteiger partial charge on any atom is -0.480 e. The molecular formula is C22H22Cl2N2O4. The minimum absolute atomic E-state index is 0.0337. The number of hydrogen-bond acceptors (Lipinski definition) is 4. The molecule has 0 bridgehead atoms. The van der Waals surface area contributed by atoms with Crippen molar-refractivity contribution in [2.75, 3.05) is 19.7 Å². The van der Waals surface area contributed by atoms with E-state index in [4.69, 9.17) is 27.9 Å². The summed E-state index contributed by atoms with van der Waals surface area (Å²) in [5.74, 6) is -1.51. The lowest BCUT2D eigenvalue weighted by atomic mass is 9.96. The van der Waals surface area contributed by atoms with Crippen molar-refractivity contribution >= 4 is 35.1 Å². The van der Waals surface area contributed by atoms with Crippen LogP contribution in [0.5, 0.6) is 0 Å². The van der Waals surface area contributed by atoms with E-state index in [0.717, 1.165) is 6.54 Å². The average Bonchev–Trinajstić information content (AvgIpc) is 3.08. The van der Waals surface area contributed by atoms with Crippen LogP contribution < -0.4 is 0 Å². The van der Waals surface area contributed by atoms with Crippen LogP contribution in [0.25, 0.3) is 0 Å². The predicted octanol–water partition coefficient (Wildman–Crippen LogP) is 3.91. The summed E-state index contributed by atoms with van der Waals surface area (Å²) in [6, 6.07) is 13.7. The fourth-order valence-electron chi connectivity index (χ4n) is 4.27. The van der Waals surface area contributed by atoms with E-state index in [0.29, 0.717) is 36.0 Å². The molecule has 2 aromatic carbocycles. The van der Waals surface area contributed by atoms with E-state index in [1.54, 1.807) is 0 Å². The Morgan fingerprint density at radius 3 is 2.30 bits per heavy atom. The molecule has 1 spiro atoms. The van der Waals surface area contributed by atoms with E-state index >= 15 is 0 Å². The molecule has 2 aliphatic heterocycles. The van der Waals surface area contributed by atoms with E-state index in [-0.39, 0.29) is 12.2 Å². The molecule has 6 nitrogen and oxygen atoms in total. The zero-order valence-corrected chi connectivity index (χ0v) is 17.8. The first-order valence-electron chi connectivity index (χ1n) is 9.81. The number of benzene rings is 2. The largest absolute Gasteiger partial charge is 0.480 e. The van der Waals surface area contributed by atoms with Crippen LogP contribution in [0.2, 0.25) is 10.0 Å². The smallest absolute Gasteiger partial charge is 0.328 e. The van der Waals surface area contributed by atoms with Crippen molar-refractivity contribution in [2.24, 2.45) is 0 Å². The number of piperidine rings is 1. The molecule has 2 saturated heterocycles. The quantitative estimate of drug-likeness (QED) is 0.767. The normalized spacial score (nSPS) is 21.1. The van der Waals surface area contributed by atoms with Crippen LogP contribution >= 0.6 is 23.2 Å². The van der Waals surface area contributed by atoms with E-state index in [9.17, 15) is 14.7 Å². The van der Waals surface area contributed by atoms with Crippen molar-refractivity contribution in [1.29, 1.82) is 0 Å². The third-order valence-electron chi connectivity index (χ3n) is 5.76. The van der Waals surface area contributed by atoms with Gasteiger partial charge in [0, 0.05) is 48.1 Å². The summed E-state index contributed by atoms with van der Waals surface area (Å²) < 4.78 is 6.00. The van der Waals surface area contributed by atoms with Gasteiger partial charge in [0.25, 0.3) is 5.91 Å². The van der Waals surface area contributed by atoms with Crippen LogP contribution in [0.1, 0.15) is 28.8 Å². The van der Waals surface area contributed by atoms with E-state index in [1.165, 1.54) is 28.7 Å². The number of nitrogens with zero attached hydrogens (tertiary/aromatic N) is 2. The minimum atomic E-state index is -1.08. The maximum Gasteiger partial charge on any atom is 0.328 e. The third-order valence-corrected chi connectivity index (χ3v) is 6.20. The number of ether oxygens (including phenoxy) is 1. The number of likely N-dealkylation sites (tertiary alicyclic amines) is 1. The molecule has 1 amide bonds. The monoisotopic (exact) mass is 448 g/mol. The number of carboxylic acid groups (broad SMARTS) is 1. The second-order valence-corrected chi connectivity index (χ2v) is 8.58. The zero-order valence-electron chi connectivity index (χ0n) is 16.3. The molecule has 158 valence electrons. The Balaban J connectivity index is 1.56. The summed E-state index contributed by atoms with van der Waals surface area (Å²) >= 11 is 12.1. The molecule has 2 fully saturated rings. The summed E-state index contributed by atoms with van der Waals surface area (Å²) in [6.45, 7) is 2.16. The van der Waals surface area contributed by atoms with Gasteiger partial charge < -0.3 is 9.84 Å². The first-order valence-corrected chi connectivity index (χ1v) is 10.6. The standard InChI is InChI=1S/C22H22Cl2N2O4/c23-17-10-16(11-18(24)12-17)20(27)26-19(21(28)29)14-30-22(26)6-8-25(9-7-22)13-15-4-2-1-3-5-15/h1-5,10-12,19H,6-9,13-14H2,(H,28,29)/t19-/m0/s1. The van der Waals surface area contributed by atoms with Gasteiger partial charge in [-0.15, -0.1) is 0 Å². The van der Waals surface area contributed by atoms with Crippen molar-refractivity contribution < 1.29 is 19.4 Å². The fraction of sp³-hybridized carbons (Fsp3) is 0.364. The van der Waals surface area contributed by atoms with Crippen LogP contribution in [0.15, 0.2) is 48.5 Å². The number of carbonyl (C=O) groups excluding carboxylic acids is 1. The fourth-order valence-corrected chi connectivity index (χ4v) is 4.80. The lowest BCUT2D eigenvalue weighted by molar-refractivity contribution is -0.144. The molecule has 1 atom stereocenters. The van der Waals surface area contributed by atoms with Crippen molar-refractivity contribution in [2.45, 2.75) is 31.2 Å². The average molecular weight is 449 g/mol. The Hall–Kier alpha value is -2.12. The Bertz CT molecular complexity index is 925. The number of halogens is 2. The number of hydrogen-bond donors (Lipinski definition) is 1. The second-order valence-electron chi connectivity index (χ2n) is 7.71. The van der Waals surface area contributed by atoms with Gasteiger partial charge in [0.2, 0.25) is 0 Å². The molecule has 2 heterocycles. The summed E-state index contributed by atoms with van der Waals surface area (Å²) in [6.07, 6.45) is 1.06. The van der Waals surface area contributed by atoms with Gasteiger partial charge in [-0.1, -0.05) is 53.5 Å². The predicted molar refractivity (Wildman–Crippen MR) is 114 cm³/mol. The van der Waals surface area contributed by atoms with Gasteiger partial charge in [0.15, 0.2) is 6.04 Å². The Labute approximate surface area is 184 Å². The molecule has 8 heteroatoms. The molecule has 30 heavy (non-hydrogen) atoms. The van der Waals surface area contributed by atoms with E-state index < -0.39 is 23.6 Å². The van der Waals surface area contributed by atoms with Crippen molar-refractivity contribution in [3.63, 3.8) is 0 Å². The van der Waals surface area contributed by atoms with Gasteiger partial charge in [-0.2, -0.15) is 0 Å². The van der Waals surface area contributed by atoms with Crippen molar-refractivity contribution in [3.05, 3.63) is 69.7 Å². The maximum absolute atomic E-state index is 13.4. The lowest BCUT2D eigenvalue weighted by Gasteiger charge is -2.44. The first kappa shape index (κ1) is 21.1. The molecule has 0 radical (unpaired) electrons. The summed E-state index contributed by atoms with van der Waals surface area (Å²) in [4.78, 5) is 28.9. The van der Waals surface area contributed by atoms with Gasteiger partial charge in [0.05, 0.1) is 6.61 Å². The third kappa shape index (κ3) is 4.18. The van der Waals surface area contributed by atoms with Crippen molar-refractivity contribution in [3.8, 4) is 0 Å². The van der Waals surface area contributed by atoms with Crippen molar-refractivity contribution in [1.82, 2.24) is 9.80 Å². The summed E-state index contributed by atoms with van der Waals surface area (Å²) in [7, 11) is 0. The highest BCUT2D eigenvalue weighted by molar-refractivity contribution is 6.35. The van der Waals surface area contributed by atoms with Crippen LogP contribution in [-0.2, 0) is 16.1 Å². The number of rotatable bonds is 4. The van der Waals surface area contributed by atoms with Gasteiger partial charge >= 0.3 is 5.97 Å².